The van der Waals surface area contributed by atoms with Crippen LogP contribution < -0.4 is 32.9 Å². The number of halogens is 2. The Hall–Kier alpha value is -2.25. The van der Waals surface area contributed by atoms with Gasteiger partial charge in [0.2, 0.25) is 0 Å². The zero-order valence-electron chi connectivity index (χ0n) is 17.5. The van der Waals surface area contributed by atoms with E-state index >= 15 is 0 Å². The molecule has 0 fully saturated rings. The molecule has 0 heterocycles. The quantitative estimate of drug-likeness (QED) is 0.283. The topological polar surface area (TPSA) is 0 Å². The summed E-state index contributed by atoms with van der Waals surface area (Å²) < 4.78 is 1.21. The maximum Gasteiger partial charge on any atom is 0.116 e. The smallest absolute Gasteiger partial charge is 0.116 e. The summed E-state index contributed by atoms with van der Waals surface area (Å²) in [5.74, 6) is 0. The maximum atomic E-state index is 3.97. The molecule has 5 aromatic carbocycles. The molecule has 0 unspecified atom stereocenters. The molecular formula is C29H23Br2P. The number of benzene rings is 5. The van der Waals surface area contributed by atoms with Gasteiger partial charge >= 0.3 is 0 Å². The molecule has 0 amide bonds. The summed E-state index contributed by atoms with van der Waals surface area (Å²) in [5.41, 5.74) is 1.35. The highest BCUT2D eigenvalue weighted by molar-refractivity contribution is 9.10. The third-order valence-corrected chi connectivity index (χ3v) is 11.2. The zero-order chi connectivity index (χ0) is 21.1. The molecule has 5 rings (SSSR count). The van der Waals surface area contributed by atoms with Crippen molar-refractivity contribution in [2.45, 2.75) is 6.16 Å². The van der Waals surface area contributed by atoms with Gasteiger partial charge in [-0.25, -0.2) is 0 Å². The van der Waals surface area contributed by atoms with Crippen LogP contribution >= 0.6 is 23.2 Å². The van der Waals surface area contributed by atoms with Gasteiger partial charge in [0, 0.05) is 10.0 Å². The van der Waals surface area contributed by atoms with E-state index in [4.69, 9.17) is 0 Å². The van der Waals surface area contributed by atoms with Crippen molar-refractivity contribution < 1.29 is 17.0 Å². The van der Waals surface area contributed by atoms with E-state index in [2.05, 4.69) is 143 Å². The molecule has 0 atom stereocenters. The van der Waals surface area contributed by atoms with Gasteiger partial charge < -0.3 is 17.0 Å². The first-order valence-electron chi connectivity index (χ1n) is 10.5. The largest absolute Gasteiger partial charge is 1.00 e. The molecule has 5 aromatic rings. The van der Waals surface area contributed by atoms with Gasteiger partial charge in [-0.3, -0.25) is 0 Å². The first-order valence-corrected chi connectivity index (χ1v) is 13.3. The van der Waals surface area contributed by atoms with E-state index < -0.39 is 7.26 Å². The Morgan fingerprint density at radius 2 is 0.938 bits per heavy atom. The lowest BCUT2D eigenvalue weighted by molar-refractivity contribution is -0.00000581. The predicted octanol–water partition coefficient (Wildman–Crippen LogP) is 4.10. The van der Waals surface area contributed by atoms with Gasteiger partial charge in [0.1, 0.15) is 23.2 Å². The van der Waals surface area contributed by atoms with Crippen LogP contribution in [0.4, 0.5) is 0 Å². The van der Waals surface area contributed by atoms with Gasteiger partial charge in [0.25, 0.3) is 0 Å². The SMILES string of the molecule is Brc1c(C[P+](c2ccccc2)(c2ccccc2)c2ccccc2)ccc2ccccc12.[Br-]. The Kier molecular flexibility index (Phi) is 7.26. The monoisotopic (exact) mass is 560 g/mol. The van der Waals surface area contributed by atoms with E-state index in [9.17, 15) is 0 Å². The van der Waals surface area contributed by atoms with Crippen molar-refractivity contribution in [2.24, 2.45) is 0 Å². The molecule has 0 nitrogen and oxygen atoms in total. The minimum Gasteiger partial charge on any atom is -1.00 e. The summed E-state index contributed by atoms with van der Waals surface area (Å²) in [4.78, 5) is 0. The Balaban J connectivity index is 0.00000245. The molecule has 0 saturated heterocycles. The molecule has 0 bridgehead atoms. The third kappa shape index (κ3) is 4.20. The van der Waals surface area contributed by atoms with Crippen molar-refractivity contribution in [3.05, 3.63) is 137 Å². The summed E-state index contributed by atoms with van der Waals surface area (Å²) in [6.45, 7) is 0. The van der Waals surface area contributed by atoms with Crippen molar-refractivity contribution in [3.63, 3.8) is 0 Å². The second-order valence-corrected chi connectivity index (χ2v) is 12.0. The molecule has 0 aliphatic heterocycles. The van der Waals surface area contributed by atoms with E-state index in [0.717, 1.165) is 6.16 Å². The second kappa shape index (κ2) is 10.1. The summed E-state index contributed by atoms with van der Waals surface area (Å²) in [6.07, 6.45) is 0.969. The molecule has 0 spiro atoms. The van der Waals surface area contributed by atoms with Crippen molar-refractivity contribution >= 4 is 49.9 Å². The molecule has 0 aliphatic carbocycles. The van der Waals surface area contributed by atoms with E-state index in [1.807, 2.05) is 0 Å². The maximum absolute atomic E-state index is 3.97. The standard InChI is InChI=1S/C29H23BrP.BrH/c30-29-24(21-20-23-12-10-11-19-28(23)29)22-31(25-13-4-1-5-14-25,26-15-6-2-7-16-26)27-17-8-3-9-18-27;/h1-21H,22H2;1H/q+1;/p-1. The molecule has 0 radical (unpaired) electrons. The average Bonchev–Trinajstić information content (AvgIpc) is 2.86. The predicted molar refractivity (Wildman–Crippen MR) is 140 cm³/mol. The minimum absolute atomic E-state index is 0. The van der Waals surface area contributed by atoms with Crippen molar-refractivity contribution in [1.29, 1.82) is 0 Å². The number of hydrogen-bond acceptors (Lipinski definition) is 0. The van der Waals surface area contributed by atoms with E-state index in [1.165, 1.54) is 36.7 Å². The Morgan fingerprint density at radius 1 is 0.500 bits per heavy atom. The summed E-state index contributed by atoms with van der Waals surface area (Å²) in [5, 5.41) is 6.76. The Labute approximate surface area is 209 Å². The highest BCUT2D eigenvalue weighted by atomic mass is 79.9. The molecule has 158 valence electrons. The molecule has 0 aliphatic rings. The van der Waals surface area contributed by atoms with Crippen LogP contribution in [-0.2, 0) is 6.16 Å². The zero-order valence-corrected chi connectivity index (χ0v) is 21.6. The second-order valence-electron chi connectivity index (χ2n) is 7.73. The van der Waals surface area contributed by atoms with Crippen molar-refractivity contribution in [2.75, 3.05) is 0 Å². The molecular weight excluding hydrogens is 539 g/mol. The van der Waals surface area contributed by atoms with Crippen LogP contribution in [0.15, 0.2) is 132 Å². The van der Waals surface area contributed by atoms with Crippen LogP contribution in [0.5, 0.6) is 0 Å². The lowest BCUT2D eigenvalue weighted by Gasteiger charge is -2.28. The van der Waals surface area contributed by atoms with Crippen LogP contribution in [0, 0.1) is 0 Å². The Morgan fingerprint density at radius 3 is 1.44 bits per heavy atom. The van der Waals surface area contributed by atoms with E-state index in [1.54, 1.807) is 0 Å². The van der Waals surface area contributed by atoms with Crippen LogP contribution in [0.1, 0.15) is 5.56 Å². The average molecular weight is 562 g/mol. The van der Waals surface area contributed by atoms with Gasteiger partial charge in [-0.2, -0.15) is 0 Å². The highest BCUT2D eigenvalue weighted by Crippen LogP contribution is 2.59. The molecule has 0 N–H and O–H groups in total. The van der Waals surface area contributed by atoms with Crippen LogP contribution in [0.3, 0.4) is 0 Å². The fraction of sp³-hybridized carbons (Fsp3) is 0.0345. The van der Waals surface area contributed by atoms with Crippen molar-refractivity contribution in [1.82, 2.24) is 0 Å². The number of hydrogen-bond donors (Lipinski definition) is 0. The first-order chi connectivity index (χ1) is 15.3. The van der Waals surface area contributed by atoms with Crippen molar-refractivity contribution in [3.8, 4) is 0 Å². The van der Waals surface area contributed by atoms with Gasteiger partial charge in [-0.05, 0) is 63.1 Å². The number of fused-ring (bicyclic) bond motifs is 1. The summed E-state index contributed by atoms with van der Waals surface area (Å²) in [6, 6.07) is 46.4. The van der Waals surface area contributed by atoms with E-state index in [0.29, 0.717) is 0 Å². The summed E-state index contributed by atoms with van der Waals surface area (Å²) >= 11 is 3.97. The van der Waals surface area contributed by atoms with Crippen LogP contribution in [-0.4, -0.2) is 0 Å². The van der Waals surface area contributed by atoms with Gasteiger partial charge in [0.15, 0.2) is 0 Å². The molecule has 0 saturated carbocycles. The van der Waals surface area contributed by atoms with E-state index in [-0.39, 0.29) is 17.0 Å². The Bertz CT molecular complexity index is 1210. The molecule has 0 aromatic heterocycles. The van der Waals surface area contributed by atoms with Crippen LogP contribution in [0.2, 0.25) is 0 Å². The molecule has 32 heavy (non-hydrogen) atoms. The first kappa shape index (κ1) is 22.9. The molecule has 3 heteroatoms. The summed E-state index contributed by atoms with van der Waals surface area (Å²) in [7, 11) is -1.91. The van der Waals surface area contributed by atoms with Gasteiger partial charge in [-0.15, -0.1) is 0 Å². The fourth-order valence-corrected chi connectivity index (χ4v) is 9.53. The lowest BCUT2D eigenvalue weighted by Crippen LogP contribution is -3.00. The normalized spacial score (nSPS) is 11.2. The minimum atomic E-state index is -1.91. The lowest BCUT2D eigenvalue weighted by atomic mass is 10.1. The fourth-order valence-electron chi connectivity index (χ4n) is 4.42. The number of rotatable bonds is 5. The van der Waals surface area contributed by atoms with Gasteiger partial charge in [0.05, 0.1) is 6.16 Å². The van der Waals surface area contributed by atoms with Gasteiger partial charge in [-0.1, -0.05) is 91.0 Å². The van der Waals surface area contributed by atoms with Crippen LogP contribution in [0.25, 0.3) is 10.8 Å². The third-order valence-electron chi connectivity index (χ3n) is 5.94. The highest BCUT2D eigenvalue weighted by Gasteiger charge is 2.45.